The largest absolute Gasteiger partial charge is 0.453 e. The van der Waals surface area contributed by atoms with Gasteiger partial charge in [-0.05, 0) is 12.0 Å². The number of ether oxygens (including phenoxy) is 1. The number of methoxy groups -OCH3 is 1. The summed E-state index contributed by atoms with van der Waals surface area (Å²) >= 11 is 1.66. The van der Waals surface area contributed by atoms with Gasteiger partial charge in [-0.25, -0.2) is 9.78 Å². The second kappa shape index (κ2) is 8.01. The van der Waals surface area contributed by atoms with Gasteiger partial charge in [0.1, 0.15) is 10.8 Å². The third kappa shape index (κ3) is 4.38. The first kappa shape index (κ1) is 16.6. The fourth-order valence-corrected chi connectivity index (χ4v) is 3.41. The number of thioether (sulfide) groups is 1. The van der Waals surface area contributed by atoms with Crippen LogP contribution in [0.3, 0.4) is 0 Å². The van der Waals surface area contributed by atoms with Crippen LogP contribution in [0.15, 0.2) is 47.8 Å². The molecule has 24 heavy (non-hydrogen) atoms. The van der Waals surface area contributed by atoms with Crippen molar-refractivity contribution in [2.75, 3.05) is 25.5 Å². The van der Waals surface area contributed by atoms with Gasteiger partial charge in [0.15, 0.2) is 0 Å². The standard InChI is InChI=1S/C17H20N4O2S/c1-23-17(22)21-8-7-14(11-21)19-15-9-18-10-16(20-15)24-12-13-5-3-2-4-6-13/h2-6,9-10,14H,7-8,11-12H2,1H3,(H,19,20). The quantitative estimate of drug-likeness (QED) is 0.841. The third-order valence-corrected chi connectivity index (χ3v) is 4.79. The number of anilines is 1. The van der Waals surface area contributed by atoms with E-state index < -0.39 is 0 Å². The smallest absolute Gasteiger partial charge is 0.409 e. The molecule has 1 aliphatic heterocycles. The van der Waals surface area contributed by atoms with Gasteiger partial charge < -0.3 is 15.0 Å². The Bertz CT molecular complexity index is 683. The molecule has 126 valence electrons. The van der Waals surface area contributed by atoms with Crippen LogP contribution in [-0.4, -0.2) is 47.2 Å². The molecular weight excluding hydrogens is 324 g/mol. The topological polar surface area (TPSA) is 67.3 Å². The van der Waals surface area contributed by atoms with Crippen LogP contribution in [0.5, 0.6) is 0 Å². The monoisotopic (exact) mass is 344 g/mol. The van der Waals surface area contributed by atoms with Crippen LogP contribution in [0.25, 0.3) is 0 Å². The Kier molecular flexibility index (Phi) is 5.53. The molecule has 7 heteroatoms. The number of nitrogens with zero attached hydrogens (tertiary/aromatic N) is 3. The molecule has 2 heterocycles. The zero-order valence-corrected chi connectivity index (χ0v) is 14.3. The number of hydrogen-bond donors (Lipinski definition) is 1. The summed E-state index contributed by atoms with van der Waals surface area (Å²) in [7, 11) is 1.40. The second-order valence-electron chi connectivity index (χ2n) is 5.56. The van der Waals surface area contributed by atoms with Gasteiger partial charge in [0.05, 0.1) is 19.5 Å². The van der Waals surface area contributed by atoms with E-state index in [1.807, 2.05) is 18.2 Å². The molecule has 6 nitrogen and oxygen atoms in total. The zero-order valence-electron chi connectivity index (χ0n) is 13.5. The molecule has 1 atom stereocenters. The number of carbonyl (C=O) groups excluding carboxylic acids is 1. The molecule has 1 fully saturated rings. The molecule has 1 unspecified atom stereocenters. The summed E-state index contributed by atoms with van der Waals surface area (Å²) in [6.07, 6.45) is 4.08. The average Bonchev–Trinajstić information content (AvgIpc) is 3.09. The number of hydrogen-bond acceptors (Lipinski definition) is 6. The van der Waals surface area contributed by atoms with Crippen LogP contribution in [0.2, 0.25) is 0 Å². The number of nitrogens with one attached hydrogen (secondary N) is 1. The van der Waals surface area contributed by atoms with E-state index in [4.69, 9.17) is 4.74 Å². The van der Waals surface area contributed by atoms with Crippen molar-refractivity contribution in [3.63, 3.8) is 0 Å². The molecule has 0 bridgehead atoms. The molecule has 2 aromatic rings. The average molecular weight is 344 g/mol. The SMILES string of the molecule is COC(=O)N1CCC(Nc2cncc(SCc3ccccc3)n2)C1. The van der Waals surface area contributed by atoms with Crippen LogP contribution < -0.4 is 5.32 Å². The zero-order chi connectivity index (χ0) is 16.8. The van der Waals surface area contributed by atoms with E-state index in [0.717, 1.165) is 23.0 Å². The number of benzene rings is 1. The number of amides is 1. The van der Waals surface area contributed by atoms with Crippen molar-refractivity contribution in [1.82, 2.24) is 14.9 Å². The second-order valence-corrected chi connectivity index (χ2v) is 6.56. The number of aromatic nitrogens is 2. The van der Waals surface area contributed by atoms with Crippen molar-refractivity contribution < 1.29 is 9.53 Å². The minimum atomic E-state index is -0.280. The molecule has 1 N–H and O–H groups in total. The highest BCUT2D eigenvalue weighted by atomic mass is 32.2. The molecule has 1 aromatic heterocycles. The summed E-state index contributed by atoms with van der Waals surface area (Å²) in [5.41, 5.74) is 1.26. The predicted octanol–water partition coefficient (Wildman–Crippen LogP) is 3.02. The van der Waals surface area contributed by atoms with E-state index in [-0.39, 0.29) is 12.1 Å². The van der Waals surface area contributed by atoms with Crippen LogP contribution in [0.1, 0.15) is 12.0 Å². The lowest BCUT2D eigenvalue weighted by Crippen LogP contribution is -2.31. The summed E-state index contributed by atoms with van der Waals surface area (Å²) in [6, 6.07) is 10.5. The Morgan fingerprint density at radius 1 is 1.38 bits per heavy atom. The highest BCUT2D eigenvalue weighted by Gasteiger charge is 2.26. The molecule has 1 aromatic carbocycles. The van der Waals surface area contributed by atoms with Crippen LogP contribution in [0, 0.1) is 0 Å². The Balaban J connectivity index is 1.55. The fourth-order valence-electron chi connectivity index (χ4n) is 2.60. The van der Waals surface area contributed by atoms with E-state index >= 15 is 0 Å². The first-order valence-electron chi connectivity index (χ1n) is 7.83. The van der Waals surface area contributed by atoms with Gasteiger partial charge in [-0.15, -0.1) is 11.8 Å². The van der Waals surface area contributed by atoms with Gasteiger partial charge in [0.2, 0.25) is 0 Å². The van der Waals surface area contributed by atoms with Gasteiger partial charge in [-0.2, -0.15) is 0 Å². The van der Waals surface area contributed by atoms with E-state index in [2.05, 4.69) is 27.4 Å². The molecular formula is C17H20N4O2S. The number of likely N-dealkylation sites (tertiary alicyclic amines) is 1. The van der Waals surface area contributed by atoms with E-state index in [1.54, 1.807) is 29.1 Å². The Morgan fingerprint density at radius 3 is 3.00 bits per heavy atom. The van der Waals surface area contributed by atoms with Crippen molar-refractivity contribution in [2.45, 2.75) is 23.2 Å². The van der Waals surface area contributed by atoms with Gasteiger partial charge >= 0.3 is 6.09 Å². The van der Waals surface area contributed by atoms with Crippen LogP contribution in [0.4, 0.5) is 10.6 Å². The number of rotatable bonds is 5. The highest BCUT2D eigenvalue weighted by Crippen LogP contribution is 2.22. The van der Waals surface area contributed by atoms with Crippen molar-refractivity contribution in [2.24, 2.45) is 0 Å². The lowest BCUT2D eigenvalue weighted by molar-refractivity contribution is 0.133. The molecule has 0 saturated carbocycles. The van der Waals surface area contributed by atoms with Crippen molar-refractivity contribution >= 4 is 23.7 Å². The Labute approximate surface area is 145 Å². The number of carbonyl (C=O) groups is 1. The minimum Gasteiger partial charge on any atom is -0.453 e. The third-order valence-electron chi connectivity index (χ3n) is 3.82. The Hall–Kier alpha value is -2.28. The molecule has 0 aliphatic carbocycles. The molecule has 0 radical (unpaired) electrons. The highest BCUT2D eigenvalue weighted by molar-refractivity contribution is 7.98. The maximum Gasteiger partial charge on any atom is 0.409 e. The van der Waals surface area contributed by atoms with Crippen molar-refractivity contribution in [1.29, 1.82) is 0 Å². The van der Waals surface area contributed by atoms with Gasteiger partial charge in [0, 0.05) is 24.9 Å². The van der Waals surface area contributed by atoms with Crippen molar-refractivity contribution in [3.05, 3.63) is 48.3 Å². The van der Waals surface area contributed by atoms with Gasteiger partial charge in [-0.1, -0.05) is 30.3 Å². The predicted molar refractivity (Wildman–Crippen MR) is 94.0 cm³/mol. The molecule has 0 spiro atoms. The normalized spacial score (nSPS) is 16.9. The summed E-state index contributed by atoms with van der Waals surface area (Å²) in [4.78, 5) is 22.1. The summed E-state index contributed by atoms with van der Waals surface area (Å²) < 4.78 is 4.75. The van der Waals surface area contributed by atoms with E-state index in [0.29, 0.717) is 13.1 Å². The van der Waals surface area contributed by atoms with E-state index in [1.165, 1.54) is 12.7 Å². The first-order chi connectivity index (χ1) is 11.7. The van der Waals surface area contributed by atoms with Crippen LogP contribution in [-0.2, 0) is 10.5 Å². The first-order valence-corrected chi connectivity index (χ1v) is 8.81. The fraction of sp³-hybridized carbons (Fsp3) is 0.353. The lowest BCUT2D eigenvalue weighted by Gasteiger charge is -2.16. The molecule has 1 amide bonds. The minimum absolute atomic E-state index is 0.174. The van der Waals surface area contributed by atoms with Crippen LogP contribution >= 0.6 is 11.8 Å². The molecule has 3 rings (SSSR count). The van der Waals surface area contributed by atoms with Gasteiger partial charge in [0.25, 0.3) is 0 Å². The molecule has 1 aliphatic rings. The maximum absolute atomic E-state index is 11.5. The summed E-state index contributed by atoms with van der Waals surface area (Å²) in [5.74, 6) is 1.60. The summed E-state index contributed by atoms with van der Waals surface area (Å²) in [6.45, 7) is 1.32. The van der Waals surface area contributed by atoms with E-state index in [9.17, 15) is 4.79 Å². The van der Waals surface area contributed by atoms with Gasteiger partial charge in [-0.3, -0.25) is 4.98 Å². The lowest BCUT2D eigenvalue weighted by atomic mass is 10.2. The molecule has 1 saturated heterocycles. The Morgan fingerprint density at radius 2 is 2.21 bits per heavy atom. The maximum atomic E-state index is 11.5. The van der Waals surface area contributed by atoms with Crippen molar-refractivity contribution in [3.8, 4) is 0 Å². The summed E-state index contributed by atoms with van der Waals surface area (Å²) in [5, 5.41) is 4.23.